The second-order valence-corrected chi connectivity index (χ2v) is 13.2. The first-order valence-electron chi connectivity index (χ1n) is 14.2. The number of hydrogen-bond acceptors (Lipinski definition) is 1. The van der Waals surface area contributed by atoms with E-state index < -0.39 is 0 Å². The molecule has 0 aromatic heterocycles. The summed E-state index contributed by atoms with van der Waals surface area (Å²) in [4.78, 5) is 0. The Balaban J connectivity index is 1.50. The Hall–Kier alpha value is -0.560. The van der Waals surface area contributed by atoms with Crippen molar-refractivity contribution in [1.82, 2.24) is 0 Å². The Morgan fingerprint density at radius 3 is 2.50 bits per heavy atom. The molecule has 0 aromatic rings. The van der Waals surface area contributed by atoms with Gasteiger partial charge in [0.25, 0.3) is 0 Å². The first kappa shape index (κ1) is 24.6. The van der Waals surface area contributed by atoms with Crippen LogP contribution in [-0.4, -0.2) is 11.7 Å². The summed E-state index contributed by atoms with van der Waals surface area (Å²) in [6.07, 6.45) is 21.3. The molecule has 0 spiro atoms. The van der Waals surface area contributed by atoms with Gasteiger partial charge in [-0.1, -0.05) is 65.3 Å². The minimum Gasteiger partial charge on any atom is -0.396 e. The average Bonchev–Trinajstić information content (AvgIpc) is 3.11. The van der Waals surface area contributed by atoms with Crippen LogP contribution in [0.4, 0.5) is 0 Å². The molecular formula is C31H52O. The lowest BCUT2D eigenvalue weighted by Crippen LogP contribution is -2.50. The third-order valence-corrected chi connectivity index (χ3v) is 11.4. The second-order valence-electron chi connectivity index (χ2n) is 13.2. The zero-order valence-electron chi connectivity index (χ0n) is 22.1. The molecule has 0 aliphatic heterocycles. The lowest BCUT2D eigenvalue weighted by molar-refractivity contribution is -0.0496. The second kappa shape index (κ2) is 9.59. The molecule has 3 saturated carbocycles. The fourth-order valence-corrected chi connectivity index (χ4v) is 9.35. The molecule has 0 amide bonds. The molecule has 0 aromatic carbocycles. The molecule has 4 rings (SSSR count). The van der Waals surface area contributed by atoms with Gasteiger partial charge in [0.1, 0.15) is 0 Å². The fourth-order valence-electron chi connectivity index (χ4n) is 9.35. The number of aliphatic hydroxyl groups is 1. The highest BCUT2D eigenvalue weighted by Gasteiger charge is 2.58. The van der Waals surface area contributed by atoms with E-state index in [0.717, 1.165) is 47.8 Å². The minimum absolute atomic E-state index is 0.366. The van der Waals surface area contributed by atoms with Gasteiger partial charge in [0, 0.05) is 6.61 Å². The lowest BCUT2D eigenvalue weighted by atomic mass is 9.46. The summed E-state index contributed by atoms with van der Waals surface area (Å²) < 4.78 is 0. The molecule has 0 heterocycles. The van der Waals surface area contributed by atoms with E-state index in [1.54, 1.807) is 5.57 Å². The van der Waals surface area contributed by atoms with Gasteiger partial charge in [-0.3, -0.25) is 0 Å². The van der Waals surface area contributed by atoms with Gasteiger partial charge < -0.3 is 5.11 Å². The molecule has 182 valence electrons. The molecule has 3 fully saturated rings. The Labute approximate surface area is 199 Å². The highest BCUT2D eigenvalue weighted by molar-refractivity contribution is 5.25. The van der Waals surface area contributed by atoms with Crippen LogP contribution in [-0.2, 0) is 0 Å². The van der Waals surface area contributed by atoms with Gasteiger partial charge in [-0.25, -0.2) is 0 Å². The van der Waals surface area contributed by atoms with Crippen LogP contribution >= 0.6 is 0 Å². The summed E-state index contributed by atoms with van der Waals surface area (Å²) in [6.45, 7) is 15.3. The zero-order chi connectivity index (χ0) is 23.1. The molecule has 4 aliphatic rings. The number of fused-ring (bicyclic) bond motifs is 5. The fraction of sp³-hybridized carbons (Fsp3) is 0.871. The maximum Gasteiger partial charge on any atom is 0.0433 e. The summed E-state index contributed by atoms with van der Waals surface area (Å²) in [7, 11) is 0. The zero-order valence-corrected chi connectivity index (χ0v) is 22.1. The normalized spacial score (nSPS) is 43.5. The predicted molar refractivity (Wildman–Crippen MR) is 137 cm³/mol. The quantitative estimate of drug-likeness (QED) is 0.394. The molecule has 0 radical (unpaired) electrons. The smallest absolute Gasteiger partial charge is 0.0433 e. The number of aliphatic hydroxyl groups excluding tert-OH is 1. The van der Waals surface area contributed by atoms with Crippen LogP contribution < -0.4 is 0 Å². The monoisotopic (exact) mass is 440 g/mol. The third-order valence-electron chi connectivity index (χ3n) is 11.4. The predicted octanol–water partition coefficient (Wildman–Crippen LogP) is 8.44. The maximum atomic E-state index is 9.45. The van der Waals surface area contributed by atoms with Crippen LogP contribution in [0.25, 0.3) is 0 Å². The van der Waals surface area contributed by atoms with Gasteiger partial charge >= 0.3 is 0 Å². The third kappa shape index (κ3) is 4.18. The summed E-state index contributed by atoms with van der Waals surface area (Å²) in [6, 6.07) is 0. The van der Waals surface area contributed by atoms with Crippen molar-refractivity contribution >= 4 is 0 Å². The Morgan fingerprint density at radius 2 is 1.81 bits per heavy atom. The molecule has 9 atom stereocenters. The molecule has 1 N–H and O–H groups in total. The lowest BCUT2D eigenvalue weighted by Gasteiger charge is -2.58. The van der Waals surface area contributed by atoms with Crippen molar-refractivity contribution in [3.05, 3.63) is 23.8 Å². The van der Waals surface area contributed by atoms with Gasteiger partial charge in [0.15, 0.2) is 0 Å². The van der Waals surface area contributed by atoms with Crippen molar-refractivity contribution in [2.75, 3.05) is 6.61 Å². The molecule has 1 nitrogen and oxygen atoms in total. The number of allylic oxidation sites excluding steroid dienone is 4. The molecular weight excluding hydrogens is 388 g/mol. The first-order valence-corrected chi connectivity index (χ1v) is 14.2. The SMILES string of the molecule is CC[C@H](/C=C/[C@@H](C)[C@H]1CCC2C3CC=C4C[C@@H](CCO)CC[C@]4(C)C3CC[C@@]21C)C(C)C. The van der Waals surface area contributed by atoms with Crippen LogP contribution in [0.2, 0.25) is 0 Å². The topological polar surface area (TPSA) is 20.2 Å². The molecule has 4 aliphatic carbocycles. The van der Waals surface area contributed by atoms with E-state index in [1.807, 2.05) is 0 Å². The van der Waals surface area contributed by atoms with Crippen LogP contribution in [0.1, 0.15) is 106 Å². The van der Waals surface area contributed by atoms with Crippen LogP contribution in [0.15, 0.2) is 23.8 Å². The Kier molecular flexibility index (Phi) is 7.36. The first-order chi connectivity index (χ1) is 15.2. The standard InChI is InChI=1S/C31H52O/c1-7-24(21(2)3)9-8-22(4)27-12-13-28-26-11-10-25-20-23(16-19-32)14-17-30(25,5)29(26)15-18-31(27,28)6/h8-10,21-24,26-29,32H,7,11-20H2,1-6H3/b9-8+/t22-,23-,24-,26?,27-,28?,29?,30+,31-/m1/s1. The van der Waals surface area contributed by atoms with Crippen molar-refractivity contribution in [2.45, 2.75) is 106 Å². The van der Waals surface area contributed by atoms with Crippen molar-refractivity contribution in [3.63, 3.8) is 0 Å². The van der Waals surface area contributed by atoms with Crippen LogP contribution in [0.5, 0.6) is 0 Å². The number of rotatable bonds is 7. The maximum absolute atomic E-state index is 9.45. The van der Waals surface area contributed by atoms with Crippen LogP contribution in [0.3, 0.4) is 0 Å². The van der Waals surface area contributed by atoms with Crippen molar-refractivity contribution in [1.29, 1.82) is 0 Å². The summed E-state index contributed by atoms with van der Waals surface area (Å²) >= 11 is 0. The Morgan fingerprint density at radius 1 is 1.03 bits per heavy atom. The van der Waals surface area contributed by atoms with Gasteiger partial charge in [0.05, 0.1) is 0 Å². The van der Waals surface area contributed by atoms with Crippen LogP contribution in [0, 0.1) is 58.2 Å². The van der Waals surface area contributed by atoms with E-state index >= 15 is 0 Å². The molecule has 3 unspecified atom stereocenters. The van der Waals surface area contributed by atoms with E-state index in [4.69, 9.17) is 0 Å². The highest BCUT2D eigenvalue weighted by Crippen LogP contribution is 2.67. The molecule has 0 bridgehead atoms. The van der Waals surface area contributed by atoms with Crippen molar-refractivity contribution in [3.8, 4) is 0 Å². The largest absolute Gasteiger partial charge is 0.396 e. The van der Waals surface area contributed by atoms with E-state index in [2.05, 4.69) is 59.8 Å². The van der Waals surface area contributed by atoms with Gasteiger partial charge in [0.2, 0.25) is 0 Å². The van der Waals surface area contributed by atoms with Crippen molar-refractivity contribution in [2.24, 2.45) is 58.2 Å². The minimum atomic E-state index is 0.366. The van der Waals surface area contributed by atoms with E-state index in [-0.39, 0.29) is 0 Å². The Bertz CT molecular complexity index is 703. The van der Waals surface area contributed by atoms with E-state index in [1.165, 1.54) is 57.8 Å². The summed E-state index contributed by atoms with van der Waals surface area (Å²) in [5, 5.41) is 9.45. The average molecular weight is 441 g/mol. The summed E-state index contributed by atoms with van der Waals surface area (Å²) in [5.74, 6) is 6.55. The van der Waals surface area contributed by atoms with Gasteiger partial charge in [-0.2, -0.15) is 0 Å². The van der Waals surface area contributed by atoms with Crippen molar-refractivity contribution < 1.29 is 5.11 Å². The van der Waals surface area contributed by atoms with Gasteiger partial charge in [-0.15, -0.1) is 0 Å². The van der Waals surface area contributed by atoms with E-state index in [0.29, 0.717) is 23.4 Å². The summed E-state index contributed by atoms with van der Waals surface area (Å²) in [5.41, 5.74) is 2.77. The molecule has 32 heavy (non-hydrogen) atoms. The van der Waals surface area contributed by atoms with Gasteiger partial charge in [-0.05, 0) is 122 Å². The number of hydrogen-bond donors (Lipinski definition) is 1. The highest BCUT2D eigenvalue weighted by atomic mass is 16.3. The molecule has 0 saturated heterocycles. The van der Waals surface area contributed by atoms with E-state index in [9.17, 15) is 5.11 Å². The molecule has 1 heteroatoms.